The lowest BCUT2D eigenvalue weighted by atomic mass is 10.1. The molecule has 7 heteroatoms. The molecule has 0 atom stereocenters. The van der Waals surface area contributed by atoms with Gasteiger partial charge in [0.05, 0.1) is 11.4 Å². The van der Waals surface area contributed by atoms with Crippen LogP contribution in [0.15, 0.2) is 54.6 Å². The van der Waals surface area contributed by atoms with Crippen molar-refractivity contribution in [3.63, 3.8) is 0 Å². The molecule has 0 radical (unpaired) electrons. The Kier molecular flexibility index (Phi) is 6.16. The van der Waals surface area contributed by atoms with Gasteiger partial charge in [0.1, 0.15) is 5.82 Å². The largest absolute Gasteiger partial charge is 0.468 e. The molecule has 0 aliphatic carbocycles. The molecule has 4 rings (SSSR count). The highest BCUT2D eigenvalue weighted by Crippen LogP contribution is 2.27. The Labute approximate surface area is 186 Å². The second-order valence-electron chi connectivity index (χ2n) is 7.70. The summed E-state index contributed by atoms with van der Waals surface area (Å²) in [6.07, 6.45) is 0.784. The topological polar surface area (TPSA) is 69.0 Å². The summed E-state index contributed by atoms with van der Waals surface area (Å²) in [5, 5.41) is 8.47. The number of fused-ring (bicyclic) bond motifs is 1. The van der Waals surface area contributed by atoms with Crippen molar-refractivity contribution in [1.82, 2.24) is 20.1 Å². The molecule has 2 aromatic heterocycles. The number of hydrogen-bond acceptors (Lipinski definition) is 4. The average molecular weight is 432 g/mol. The van der Waals surface area contributed by atoms with Crippen molar-refractivity contribution < 1.29 is 13.9 Å². The van der Waals surface area contributed by atoms with Crippen LogP contribution in [-0.4, -0.2) is 27.3 Å². The lowest BCUT2D eigenvalue weighted by molar-refractivity contribution is -0.123. The Balaban J connectivity index is 1.53. The molecule has 0 aliphatic rings. The van der Waals surface area contributed by atoms with E-state index in [1.54, 1.807) is 12.1 Å². The first-order valence-corrected chi connectivity index (χ1v) is 10.5. The van der Waals surface area contributed by atoms with Crippen LogP contribution in [0.2, 0.25) is 0 Å². The van der Waals surface area contributed by atoms with Crippen molar-refractivity contribution in [2.24, 2.45) is 0 Å². The first kappa shape index (κ1) is 21.5. The molecule has 0 saturated carbocycles. The standard InChI is InChI=1S/C25H25FN4O2/c1-4-19-13-23(32-15-22(31)27-14-18-7-9-20(26)10-8-18)28-25-24(19)17(3)29-30(25)21-11-5-16(2)6-12-21/h5-13H,4,14-15H2,1-3H3,(H,27,31). The number of carbonyl (C=O) groups excluding carboxylic acids is 1. The molecule has 0 spiro atoms. The molecule has 2 aromatic carbocycles. The Morgan fingerprint density at radius 1 is 1.09 bits per heavy atom. The van der Waals surface area contributed by atoms with Gasteiger partial charge in [-0.3, -0.25) is 4.79 Å². The van der Waals surface area contributed by atoms with Gasteiger partial charge in [0.25, 0.3) is 5.91 Å². The minimum Gasteiger partial charge on any atom is -0.468 e. The van der Waals surface area contributed by atoms with E-state index < -0.39 is 0 Å². The van der Waals surface area contributed by atoms with E-state index in [1.165, 1.54) is 17.7 Å². The molecule has 4 aromatic rings. The van der Waals surface area contributed by atoms with E-state index in [1.807, 2.05) is 48.9 Å². The number of amides is 1. The van der Waals surface area contributed by atoms with Crippen molar-refractivity contribution in [2.45, 2.75) is 33.7 Å². The fourth-order valence-electron chi connectivity index (χ4n) is 3.56. The third-order valence-corrected chi connectivity index (χ3v) is 5.28. The quantitative estimate of drug-likeness (QED) is 0.469. The maximum absolute atomic E-state index is 13.0. The summed E-state index contributed by atoms with van der Waals surface area (Å²) in [5.74, 6) is -0.214. The fourth-order valence-corrected chi connectivity index (χ4v) is 3.56. The molecule has 0 saturated heterocycles. The SMILES string of the molecule is CCc1cc(OCC(=O)NCc2ccc(F)cc2)nc2c1c(C)nn2-c1ccc(C)cc1. The Morgan fingerprint density at radius 2 is 1.81 bits per heavy atom. The van der Waals surface area contributed by atoms with Crippen LogP contribution in [0.3, 0.4) is 0 Å². The summed E-state index contributed by atoms with van der Waals surface area (Å²) in [5.41, 5.74) is 5.55. The van der Waals surface area contributed by atoms with Gasteiger partial charge in [-0.25, -0.2) is 9.07 Å². The lowest BCUT2D eigenvalue weighted by Gasteiger charge is -2.10. The van der Waals surface area contributed by atoms with Gasteiger partial charge < -0.3 is 10.1 Å². The Morgan fingerprint density at radius 3 is 2.50 bits per heavy atom. The predicted octanol–water partition coefficient (Wildman–Crippen LogP) is 4.43. The summed E-state index contributed by atoms with van der Waals surface area (Å²) in [6.45, 7) is 6.21. The second-order valence-corrected chi connectivity index (χ2v) is 7.70. The summed E-state index contributed by atoms with van der Waals surface area (Å²) in [4.78, 5) is 16.9. The number of rotatable bonds is 7. The molecule has 164 valence electrons. The van der Waals surface area contributed by atoms with Crippen LogP contribution in [-0.2, 0) is 17.8 Å². The van der Waals surface area contributed by atoms with Crippen molar-refractivity contribution in [3.05, 3.63) is 82.8 Å². The maximum Gasteiger partial charge on any atom is 0.258 e. The number of nitrogens with one attached hydrogen (secondary N) is 1. The van der Waals surface area contributed by atoms with Gasteiger partial charge in [-0.05, 0) is 55.7 Å². The maximum atomic E-state index is 13.0. The summed E-state index contributed by atoms with van der Waals surface area (Å²) < 4.78 is 20.5. The molecular weight excluding hydrogens is 407 g/mol. The van der Waals surface area contributed by atoms with Crippen molar-refractivity contribution >= 4 is 16.9 Å². The first-order valence-electron chi connectivity index (χ1n) is 10.5. The zero-order chi connectivity index (χ0) is 22.7. The van der Waals surface area contributed by atoms with Gasteiger partial charge >= 0.3 is 0 Å². The van der Waals surface area contributed by atoms with Crippen molar-refractivity contribution in [1.29, 1.82) is 0 Å². The van der Waals surface area contributed by atoms with Gasteiger partial charge in [-0.15, -0.1) is 0 Å². The molecule has 2 heterocycles. The van der Waals surface area contributed by atoms with Crippen molar-refractivity contribution in [2.75, 3.05) is 6.61 Å². The number of aromatic nitrogens is 3. The lowest BCUT2D eigenvalue weighted by Crippen LogP contribution is -2.28. The number of halogens is 1. The summed E-state index contributed by atoms with van der Waals surface area (Å²) in [7, 11) is 0. The van der Waals surface area contributed by atoms with Crippen LogP contribution < -0.4 is 10.1 Å². The Bertz CT molecular complexity index is 1250. The average Bonchev–Trinajstić information content (AvgIpc) is 3.13. The molecular formula is C25H25FN4O2. The van der Waals surface area contributed by atoms with E-state index >= 15 is 0 Å². The number of ether oxygens (including phenoxy) is 1. The number of aryl methyl sites for hydroxylation is 3. The molecule has 1 amide bonds. The summed E-state index contributed by atoms with van der Waals surface area (Å²) in [6, 6.07) is 15.9. The van der Waals surface area contributed by atoms with E-state index in [-0.39, 0.29) is 18.3 Å². The van der Waals surface area contributed by atoms with Gasteiger partial charge in [0, 0.05) is 18.0 Å². The summed E-state index contributed by atoms with van der Waals surface area (Å²) >= 11 is 0. The fraction of sp³-hybridized carbons (Fsp3) is 0.240. The highest BCUT2D eigenvalue weighted by Gasteiger charge is 2.16. The Hall–Kier alpha value is -3.74. The molecule has 1 N–H and O–H groups in total. The van der Waals surface area contributed by atoms with Crippen LogP contribution in [0.5, 0.6) is 5.88 Å². The number of pyridine rings is 1. The van der Waals surface area contributed by atoms with E-state index in [4.69, 9.17) is 9.84 Å². The van der Waals surface area contributed by atoms with E-state index in [0.717, 1.165) is 34.3 Å². The van der Waals surface area contributed by atoms with Gasteiger partial charge in [0.2, 0.25) is 5.88 Å². The predicted molar refractivity (Wildman–Crippen MR) is 121 cm³/mol. The molecule has 0 fully saturated rings. The second kappa shape index (κ2) is 9.18. The number of nitrogens with zero attached hydrogens (tertiary/aromatic N) is 3. The van der Waals surface area contributed by atoms with Gasteiger partial charge in [-0.1, -0.05) is 36.8 Å². The van der Waals surface area contributed by atoms with Crippen LogP contribution in [0.4, 0.5) is 4.39 Å². The third-order valence-electron chi connectivity index (χ3n) is 5.28. The zero-order valence-corrected chi connectivity index (χ0v) is 18.4. The minimum atomic E-state index is -0.309. The van der Waals surface area contributed by atoms with Crippen molar-refractivity contribution in [3.8, 4) is 11.6 Å². The normalized spacial score (nSPS) is 11.0. The van der Waals surface area contributed by atoms with Crippen LogP contribution >= 0.6 is 0 Å². The highest BCUT2D eigenvalue weighted by molar-refractivity contribution is 5.84. The molecule has 0 bridgehead atoms. The van der Waals surface area contributed by atoms with Gasteiger partial charge in [0.15, 0.2) is 12.3 Å². The van der Waals surface area contributed by atoms with Crippen LogP contribution in [0.25, 0.3) is 16.7 Å². The van der Waals surface area contributed by atoms with E-state index in [0.29, 0.717) is 18.1 Å². The first-order chi connectivity index (χ1) is 15.4. The molecule has 0 aliphatic heterocycles. The molecule has 32 heavy (non-hydrogen) atoms. The van der Waals surface area contributed by atoms with Crippen LogP contribution in [0, 0.1) is 19.7 Å². The highest BCUT2D eigenvalue weighted by atomic mass is 19.1. The zero-order valence-electron chi connectivity index (χ0n) is 18.4. The minimum absolute atomic E-state index is 0.166. The number of hydrogen-bond donors (Lipinski definition) is 1. The third kappa shape index (κ3) is 4.61. The molecule has 0 unspecified atom stereocenters. The number of benzene rings is 2. The molecule has 6 nitrogen and oxygen atoms in total. The van der Waals surface area contributed by atoms with Gasteiger partial charge in [-0.2, -0.15) is 10.1 Å². The smallest absolute Gasteiger partial charge is 0.258 e. The van der Waals surface area contributed by atoms with E-state index in [2.05, 4.69) is 17.2 Å². The van der Waals surface area contributed by atoms with E-state index in [9.17, 15) is 9.18 Å². The number of carbonyl (C=O) groups is 1. The van der Waals surface area contributed by atoms with Crippen LogP contribution in [0.1, 0.15) is 29.3 Å². The monoisotopic (exact) mass is 432 g/mol.